The van der Waals surface area contributed by atoms with E-state index in [0.29, 0.717) is 6.10 Å². The van der Waals surface area contributed by atoms with Crippen molar-refractivity contribution in [3.63, 3.8) is 0 Å². The normalized spacial score (nSPS) is 22.5. The Kier molecular flexibility index (Phi) is 5.40. The standard InChI is InChI=1S/C10H22N2O2/c1-2-14-10-3-5-12(6-4-10)7-9(11)8-13/h9-10,13H,2-8,11H2,1H3. The van der Waals surface area contributed by atoms with Crippen LogP contribution in [-0.4, -0.2) is 55.0 Å². The van der Waals surface area contributed by atoms with Gasteiger partial charge in [-0.15, -0.1) is 0 Å². The molecule has 4 nitrogen and oxygen atoms in total. The van der Waals surface area contributed by atoms with E-state index in [9.17, 15) is 0 Å². The van der Waals surface area contributed by atoms with Crippen LogP contribution in [-0.2, 0) is 4.74 Å². The van der Waals surface area contributed by atoms with Gasteiger partial charge < -0.3 is 20.5 Å². The fourth-order valence-corrected chi connectivity index (χ4v) is 1.88. The van der Waals surface area contributed by atoms with E-state index in [1.54, 1.807) is 0 Å². The van der Waals surface area contributed by atoms with Crippen molar-refractivity contribution >= 4 is 0 Å². The summed E-state index contributed by atoms with van der Waals surface area (Å²) in [5.41, 5.74) is 5.67. The average Bonchev–Trinajstić information content (AvgIpc) is 2.21. The summed E-state index contributed by atoms with van der Waals surface area (Å²) >= 11 is 0. The molecule has 84 valence electrons. The molecule has 0 bridgehead atoms. The topological polar surface area (TPSA) is 58.7 Å². The van der Waals surface area contributed by atoms with Crippen LogP contribution >= 0.6 is 0 Å². The zero-order chi connectivity index (χ0) is 10.4. The van der Waals surface area contributed by atoms with Crippen molar-refractivity contribution < 1.29 is 9.84 Å². The predicted octanol–water partition coefficient (Wildman–Crippen LogP) is -0.193. The molecular weight excluding hydrogens is 180 g/mol. The molecule has 0 aromatic heterocycles. The zero-order valence-corrected chi connectivity index (χ0v) is 8.98. The third-order valence-electron chi connectivity index (χ3n) is 2.66. The molecule has 1 fully saturated rings. The summed E-state index contributed by atoms with van der Waals surface area (Å²) in [5, 5.41) is 8.83. The maximum Gasteiger partial charge on any atom is 0.0599 e. The van der Waals surface area contributed by atoms with Gasteiger partial charge in [0.1, 0.15) is 0 Å². The number of hydrogen-bond acceptors (Lipinski definition) is 4. The number of hydrogen-bond donors (Lipinski definition) is 2. The summed E-state index contributed by atoms with van der Waals surface area (Å²) in [6.45, 7) is 5.80. The maximum absolute atomic E-state index is 8.83. The monoisotopic (exact) mass is 202 g/mol. The molecule has 0 saturated carbocycles. The lowest BCUT2D eigenvalue weighted by molar-refractivity contribution is 0.0120. The van der Waals surface area contributed by atoms with E-state index in [2.05, 4.69) is 4.90 Å². The highest BCUT2D eigenvalue weighted by molar-refractivity contribution is 4.75. The van der Waals surface area contributed by atoms with E-state index in [1.165, 1.54) is 0 Å². The highest BCUT2D eigenvalue weighted by atomic mass is 16.5. The first kappa shape index (κ1) is 11.9. The molecular formula is C10H22N2O2. The summed E-state index contributed by atoms with van der Waals surface area (Å²) in [7, 11) is 0. The van der Waals surface area contributed by atoms with Gasteiger partial charge in [0.05, 0.1) is 12.7 Å². The second-order valence-electron chi connectivity index (χ2n) is 3.90. The molecule has 0 radical (unpaired) electrons. The number of nitrogens with two attached hydrogens (primary N) is 1. The minimum atomic E-state index is -0.0985. The molecule has 1 aliphatic rings. The third-order valence-corrected chi connectivity index (χ3v) is 2.66. The highest BCUT2D eigenvalue weighted by Gasteiger charge is 2.20. The second kappa shape index (κ2) is 6.35. The molecule has 1 atom stereocenters. The highest BCUT2D eigenvalue weighted by Crippen LogP contribution is 2.13. The summed E-state index contributed by atoms with van der Waals surface area (Å²) < 4.78 is 5.56. The van der Waals surface area contributed by atoms with E-state index < -0.39 is 0 Å². The predicted molar refractivity (Wildman–Crippen MR) is 56.1 cm³/mol. The number of likely N-dealkylation sites (tertiary alicyclic amines) is 1. The minimum Gasteiger partial charge on any atom is -0.395 e. The first-order valence-corrected chi connectivity index (χ1v) is 5.46. The quantitative estimate of drug-likeness (QED) is 0.648. The lowest BCUT2D eigenvalue weighted by Crippen LogP contribution is -2.44. The lowest BCUT2D eigenvalue weighted by atomic mass is 10.1. The van der Waals surface area contributed by atoms with E-state index in [0.717, 1.165) is 39.1 Å². The minimum absolute atomic E-state index is 0.0748. The van der Waals surface area contributed by atoms with Gasteiger partial charge in [-0.3, -0.25) is 0 Å². The molecule has 1 saturated heterocycles. The maximum atomic E-state index is 8.83. The summed E-state index contributed by atoms with van der Waals surface area (Å²) in [4.78, 5) is 2.30. The van der Waals surface area contributed by atoms with Gasteiger partial charge in [-0.05, 0) is 19.8 Å². The van der Waals surface area contributed by atoms with Crippen LogP contribution in [0.3, 0.4) is 0 Å². The first-order chi connectivity index (χ1) is 6.76. The van der Waals surface area contributed by atoms with Crippen molar-refractivity contribution in [2.75, 3.05) is 32.8 Å². The molecule has 4 heteroatoms. The van der Waals surface area contributed by atoms with Gasteiger partial charge in [0.25, 0.3) is 0 Å². The Bertz CT molecular complexity index is 147. The van der Waals surface area contributed by atoms with E-state index in [-0.39, 0.29) is 12.6 Å². The largest absolute Gasteiger partial charge is 0.395 e. The number of aliphatic hydroxyl groups is 1. The third kappa shape index (κ3) is 3.92. The molecule has 0 aromatic carbocycles. The summed E-state index contributed by atoms with van der Waals surface area (Å²) in [5.74, 6) is 0. The molecule has 0 aromatic rings. The Labute approximate surface area is 86.0 Å². The van der Waals surface area contributed by atoms with Crippen LogP contribution < -0.4 is 5.73 Å². The number of nitrogens with zero attached hydrogens (tertiary/aromatic N) is 1. The SMILES string of the molecule is CCOC1CCN(CC(N)CO)CC1. The first-order valence-electron chi connectivity index (χ1n) is 5.46. The Morgan fingerprint density at radius 1 is 1.50 bits per heavy atom. The Balaban J connectivity index is 2.15. The van der Waals surface area contributed by atoms with Crippen LogP contribution in [0.4, 0.5) is 0 Å². The Hall–Kier alpha value is -0.160. The average molecular weight is 202 g/mol. The van der Waals surface area contributed by atoms with Crippen LogP contribution in [0.5, 0.6) is 0 Å². The fourth-order valence-electron chi connectivity index (χ4n) is 1.88. The van der Waals surface area contributed by atoms with Crippen molar-refractivity contribution in [3.8, 4) is 0 Å². The van der Waals surface area contributed by atoms with E-state index in [4.69, 9.17) is 15.6 Å². The van der Waals surface area contributed by atoms with E-state index >= 15 is 0 Å². The van der Waals surface area contributed by atoms with Gasteiger partial charge in [0, 0.05) is 32.3 Å². The smallest absolute Gasteiger partial charge is 0.0599 e. The van der Waals surface area contributed by atoms with Crippen LogP contribution in [0.15, 0.2) is 0 Å². The fraction of sp³-hybridized carbons (Fsp3) is 1.00. The van der Waals surface area contributed by atoms with Crippen molar-refractivity contribution in [2.24, 2.45) is 5.73 Å². The molecule has 3 N–H and O–H groups in total. The van der Waals surface area contributed by atoms with Crippen LogP contribution in [0.25, 0.3) is 0 Å². The Morgan fingerprint density at radius 3 is 2.64 bits per heavy atom. The molecule has 0 aliphatic carbocycles. The van der Waals surface area contributed by atoms with Gasteiger partial charge in [0.2, 0.25) is 0 Å². The van der Waals surface area contributed by atoms with Crippen LogP contribution in [0.2, 0.25) is 0 Å². The van der Waals surface area contributed by atoms with Crippen molar-refractivity contribution in [2.45, 2.75) is 31.9 Å². The second-order valence-corrected chi connectivity index (χ2v) is 3.90. The lowest BCUT2D eigenvalue weighted by Gasteiger charge is -2.32. The molecule has 1 unspecified atom stereocenters. The number of aliphatic hydroxyl groups excluding tert-OH is 1. The van der Waals surface area contributed by atoms with Gasteiger partial charge in [0.15, 0.2) is 0 Å². The van der Waals surface area contributed by atoms with Gasteiger partial charge in [-0.2, -0.15) is 0 Å². The number of rotatable bonds is 5. The van der Waals surface area contributed by atoms with Crippen LogP contribution in [0, 0.1) is 0 Å². The summed E-state index contributed by atoms with van der Waals surface area (Å²) in [6, 6.07) is -0.0985. The molecule has 1 rings (SSSR count). The Morgan fingerprint density at radius 2 is 2.14 bits per heavy atom. The molecule has 1 aliphatic heterocycles. The number of ether oxygens (including phenoxy) is 1. The summed E-state index contributed by atoms with van der Waals surface area (Å²) in [6.07, 6.45) is 2.61. The van der Waals surface area contributed by atoms with Gasteiger partial charge in [-0.1, -0.05) is 0 Å². The van der Waals surface area contributed by atoms with E-state index in [1.807, 2.05) is 6.92 Å². The van der Waals surface area contributed by atoms with Crippen molar-refractivity contribution in [3.05, 3.63) is 0 Å². The number of piperidine rings is 1. The molecule has 1 heterocycles. The van der Waals surface area contributed by atoms with Crippen molar-refractivity contribution in [1.29, 1.82) is 0 Å². The van der Waals surface area contributed by atoms with Gasteiger partial charge in [-0.25, -0.2) is 0 Å². The van der Waals surface area contributed by atoms with Crippen LogP contribution in [0.1, 0.15) is 19.8 Å². The molecule has 0 spiro atoms. The molecule has 14 heavy (non-hydrogen) atoms. The molecule has 0 amide bonds. The van der Waals surface area contributed by atoms with Crippen molar-refractivity contribution in [1.82, 2.24) is 4.90 Å². The zero-order valence-electron chi connectivity index (χ0n) is 8.98. The van der Waals surface area contributed by atoms with Gasteiger partial charge >= 0.3 is 0 Å².